The zero-order valence-corrected chi connectivity index (χ0v) is 15.8. The number of rotatable bonds is 8. The monoisotopic (exact) mass is 370 g/mol. The molecule has 1 heterocycles. The van der Waals surface area contributed by atoms with Gasteiger partial charge in [0.1, 0.15) is 5.75 Å². The predicted octanol–water partition coefficient (Wildman–Crippen LogP) is 2.73. The Balaban J connectivity index is 1.45. The molecule has 0 aliphatic carbocycles. The van der Waals surface area contributed by atoms with E-state index in [9.17, 15) is 4.79 Å². The van der Waals surface area contributed by atoms with E-state index in [0.29, 0.717) is 24.0 Å². The first-order chi connectivity index (χ1) is 13.2. The van der Waals surface area contributed by atoms with E-state index in [4.69, 9.17) is 14.2 Å². The van der Waals surface area contributed by atoms with Crippen molar-refractivity contribution in [1.29, 1.82) is 0 Å². The number of carbonyl (C=O) groups excluding carboxylic acids is 1. The predicted molar refractivity (Wildman–Crippen MR) is 105 cm³/mol. The third kappa shape index (κ3) is 4.84. The van der Waals surface area contributed by atoms with Gasteiger partial charge >= 0.3 is 0 Å². The Morgan fingerprint density at radius 2 is 1.70 bits per heavy atom. The maximum Gasteiger partial charge on any atom is 0.257 e. The van der Waals surface area contributed by atoms with Crippen LogP contribution in [0.3, 0.4) is 0 Å². The highest BCUT2D eigenvalue weighted by Crippen LogP contribution is 2.31. The average Bonchev–Trinajstić information content (AvgIpc) is 3.19. The quantitative estimate of drug-likeness (QED) is 0.774. The Labute approximate surface area is 160 Å². The number of benzene rings is 2. The van der Waals surface area contributed by atoms with Crippen LogP contribution in [0.5, 0.6) is 17.2 Å². The number of nitrogens with zero attached hydrogens (tertiary/aromatic N) is 1. The van der Waals surface area contributed by atoms with E-state index >= 15 is 0 Å². The summed E-state index contributed by atoms with van der Waals surface area (Å²) < 4.78 is 16.2. The Kier molecular flexibility index (Phi) is 6.41. The second-order valence-electron chi connectivity index (χ2n) is 6.52. The number of hydrogen-bond acceptors (Lipinski definition) is 5. The van der Waals surface area contributed by atoms with Crippen molar-refractivity contribution in [3.8, 4) is 17.2 Å². The van der Waals surface area contributed by atoms with E-state index in [0.717, 1.165) is 30.9 Å². The molecule has 27 heavy (non-hydrogen) atoms. The summed E-state index contributed by atoms with van der Waals surface area (Å²) in [5, 5.41) is 2.97. The molecule has 0 unspecified atom stereocenters. The molecular weight excluding hydrogens is 344 g/mol. The normalized spacial score (nSPS) is 16.1. The van der Waals surface area contributed by atoms with E-state index in [1.54, 1.807) is 26.4 Å². The number of ether oxygens (including phenoxy) is 3. The summed E-state index contributed by atoms with van der Waals surface area (Å²) in [5.74, 6) is 2.35. The smallest absolute Gasteiger partial charge is 0.257 e. The highest BCUT2D eigenvalue weighted by atomic mass is 16.5. The highest BCUT2D eigenvalue weighted by Gasteiger charge is 2.24. The molecule has 1 amide bonds. The maximum atomic E-state index is 12.1. The number of methoxy groups -OCH3 is 2. The second kappa shape index (κ2) is 9.16. The van der Waals surface area contributed by atoms with Crippen LogP contribution in [0.15, 0.2) is 48.5 Å². The number of amides is 1. The molecule has 144 valence electrons. The van der Waals surface area contributed by atoms with Crippen LogP contribution in [0, 0.1) is 5.92 Å². The molecule has 0 aromatic heterocycles. The van der Waals surface area contributed by atoms with Crippen molar-refractivity contribution in [3.63, 3.8) is 0 Å². The molecule has 1 N–H and O–H groups in total. The molecule has 0 bridgehead atoms. The molecule has 3 rings (SSSR count). The number of para-hydroxylation sites is 4. The Hall–Kier alpha value is -2.89. The molecule has 0 spiro atoms. The van der Waals surface area contributed by atoms with E-state index < -0.39 is 0 Å². The zero-order valence-electron chi connectivity index (χ0n) is 15.8. The minimum atomic E-state index is -0.128. The summed E-state index contributed by atoms with van der Waals surface area (Å²) in [6, 6.07) is 15.3. The Morgan fingerprint density at radius 1 is 1.04 bits per heavy atom. The Morgan fingerprint density at radius 3 is 2.44 bits per heavy atom. The summed E-state index contributed by atoms with van der Waals surface area (Å²) in [5.41, 5.74) is 1.10. The van der Waals surface area contributed by atoms with E-state index in [-0.39, 0.29) is 12.5 Å². The van der Waals surface area contributed by atoms with Crippen molar-refractivity contribution >= 4 is 11.6 Å². The van der Waals surface area contributed by atoms with E-state index in [1.165, 1.54) is 0 Å². The van der Waals surface area contributed by atoms with E-state index in [1.807, 2.05) is 30.3 Å². The Bertz CT molecular complexity index is 765. The zero-order chi connectivity index (χ0) is 19.1. The minimum absolute atomic E-state index is 0.0245. The lowest BCUT2D eigenvalue weighted by Gasteiger charge is -2.21. The molecule has 1 aliphatic heterocycles. The van der Waals surface area contributed by atoms with Gasteiger partial charge in [0.05, 0.1) is 19.9 Å². The lowest BCUT2D eigenvalue weighted by Crippen LogP contribution is -2.34. The summed E-state index contributed by atoms with van der Waals surface area (Å²) in [4.78, 5) is 14.4. The number of anilines is 1. The van der Waals surface area contributed by atoms with Gasteiger partial charge in [-0.3, -0.25) is 4.79 Å². The molecule has 1 aliphatic rings. The van der Waals surface area contributed by atoms with Crippen molar-refractivity contribution in [2.45, 2.75) is 6.42 Å². The van der Waals surface area contributed by atoms with Crippen molar-refractivity contribution < 1.29 is 19.0 Å². The molecule has 2 aromatic carbocycles. The van der Waals surface area contributed by atoms with Gasteiger partial charge in [0.25, 0.3) is 5.91 Å². The van der Waals surface area contributed by atoms with Crippen molar-refractivity contribution in [2.24, 2.45) is 5.92 Å². The van der Waals surface area contributed by atoms with Crippen LogP contribution in [0.25, 0.3) is 0 Å². The molecule has 0 saturated carbocycles. The molecule has 0 radical (unpaired) electrons. The fraction of sp³-hybridized carbons (Fsp3) is 0.381. The standard InChI is InChI=1S/C21H26N2O4/c1-25-18-8-4-3-7-17(18)23-12-11-16(14-23)13-22-21(24)15-27-20-10-6-5-9-19(20)26-2/h3-10,16H,11-15H2,1-2H3,(H,22,24)/t16-/m0/s1. The lowest BCUT2D eigenvalue weighted by molar-refractivity contribution is -0.123. The molecular formula is C21H26N2O4. The number of nitrogens with one attached hydrogen (secondary N) is 1. The summed E-state index contributed by atoms with van der Waals surface area (Å²) in [7, 11) is 3.27. The SMILES string of the molecule is COc1ccccc1OCC(=O)NC[C@@H]1CCN(c2ccccc2OC)C1. The fourth-order valence-corrected chi connectivity index (χ4v) is 3.30. The van der Waals surface area contributed by atoms with E-state index in [2.05, 4.69) is 16.3 Å². The van der Waals surface area contributed by atoms with Gasteiger partial charge in [-0.05, 0) is 36.6 Å². The van der Waals surface area contributed by atoms with Crippen molar-refractivity contribution in [2.75, 3.05) is 45.4 Å². The van der Waals surface area contributed by atoms with Crippen LogP contribution in [0.4, 0.5) is 5.69 Å². The topological polar surface area (TPSA) is 60.0 Å². The third-order valence-electron chi connectivity index (χ3n) is 4.73. The van der Waals surface area contributed by atoms with Crippen LogP contribution >= 0.6 is 0 Å². The van der Waals surface area contributed by atoms with Crippen LogP contribution in [-0.2, 0) is 4.79 Å². The minimum Gasteiger partial charge on any atom is -0.495 e. The number of carbonyl (C=O) groups is 1. The van der Waals surface area contributed by atoms with Gasteiger partial charge < -0.3 is 24.4 Å². The highest BCUT2D eigenvalue weighted by molar-refractivity contribution is 5.77. The molecule has 1 fully saturated rings. The molecule has 6 nitrogen and oxygen atoms in total. The van der Waals surface area contributed by atoms with Gasteiger partial charge in [-0.15, -0.1) is 0 Å². The maximum absolute atomic E-state index is 12.1. The fourth-order valence-electron chi connectivity index (χ4n) is 3.30. The van der Waals surface area contributed by atoms with Gasteiger partial charge in [-0.25, -0.2) is 0 Å². The molecule has 1 atom stereocenters. The molecule has 6 heteroatoms. The first-order valence-electron chi connectivity index (χ1n) is 9.11. The largest absolute Gasteiger partial charge is 0.495 e. The number of hydrogen-bond donors (Lipinski definition) is 1. The first-order valence-corrected chi connectivity index (χ1v) is 9.11. The van der Waals surface area contributed by atoms with Crippen LogP contribution < -0.4 is 24.4 Å². The third-order valence-corrected chi connectivity index (χ3v) is 4.73. The van der Waals surface area contributed by atoms with Crippen molar-refractivity contribution in [3.05, 3.63) is 48.5 Å². The van der Waals surface area contributed by atoms with Gasteiger partial charge in [-0.2, -0.15) is 0 Å². The first kappa shape index (κ1) is 18.9. The summed E-state index contributed by atoms with van der Waals surface area (Å²) in [6.07, 6.45) is 1.03. The lowest BCUT2D eigenvalue weighted by atomic mass is 10.1. The molecule has 2 aromatic rings. The van der Waals surface area contributed by atoms with Crippen LogP contribution in [0.1, 0.15) is 6.42 Å². The summed E-state index contributed by atoms with van der Waals surface area (Å²) >= 11 is 0. The molecule has 1 saturated heterocycles. The summed E-state index contributed by atoms with van der Waals surface area (Å²) in [6.45, 7) is 2.47. The van der Waals surface area contributed by atoms with Crippen molar-refractivity contribution in [1.82, 2.24) is 5.32 Å². The van der Waals surface area contributed by atoms with Crippen LogP contribution in [0.2, 0.25) is 0 Å². The second-order valence-corrected chi connectivity index (χ2v) is 6.52. The van der Waals surface area contributed by atoms with Gasteiger partial charge in [0, 0.05) is 19.6 Å². The van der Waals surface area contributed by atoms with Crippen LogP contribution in [-0.4, -0.2) is 46.4 Å². The van der Waals surface area contributed by atoms with Gasteiger partial charge in [0.15, 0.2) is 18.1 Å². The van der Waals surface area contributed by atoms with Gasteiger partial charge in [-0.1, -0.05) is 24.3 Å². The van der Waals surface area contributed by atoms with Gasteiger partial charge in [0.2, 0.25) is 0 Å². The average molecular weight is 370 g/mol.